The molecule has 0 spiro atoms. The van der Waals surface area contributed by atoms with Crippen molar-refractivity contribution in [1.29, 1.82) is 0 Å². The topological polar surface area (TPSA) is 88.3 Å². The van der Waals surface area contributed by atoms with Crippen LogP contribution in [0, 0.1) is 0 Å². The minimum absolute atomic E-state index is 0.136. The second kappa shape index (κ2) is 8.60. The lowest BCUT2D eigenvalue weighted by Crippen LogP contribution is -2.57. The Morgan fingerprint density at radius 2 is 1.85 bits per heavy atom. The van der Waals surface area contributed by atoms with Gasteiger partial charge in [-0.15, -0.1) is 0 Å². The van der Waals surface area contributed by atoms with Gasteiger partial charge in [0.25, 0.3) is 5.91 Å². The minimum atomic E-state index is -0.775. The monoisotopic (exact) mass is 440 g/mol. The van der Waals surface area contributed by atoms with E-state index in [0.29, 0.717) is 17.8 Å². The average Bonchev–Trinajstić information content (AvgIpc) is 3.14. The maximum Gasteiger partial charge on any atom is 0.336 e. The number of nitrogens with zero attached hydrogens (tertiary/aromatic N) is 3. The van der Waals surface area contributed by atoms with E-state index in [1.165, 1.54) is 0 Å². The van der Waals surface area contributed by atoms with E-state index in [-0.39, 0.29) is 11.8 Å². The molecule has 1 saturated heterocycles. The van der Waals surface area contributed by atoms with Crippen LogP contribution in [0.15, 0.2) is 88.3 Å². The van der Waals surface area contributed by atoms with Crippen LogP contribution in [0.2, 0.25) is 0 Å². The number of para-hydroxylation sites is 1. The molecule has 3 aromatic heterocycles. The van der Waals surface area contributed by atoms with Gasteiger partial charge in [-0.2, -0.15) is 0 Å². The van der Waals surface area contributed by atoms with Crippen LogP contribution in [-0.4, -0.2) is 33.0 Å². The zero-order valence-electron chi connectivity index (χ0n) is 18.3. The number of benzene rings is 1. The Morgan fingerprint density at radius 1 is 1.09 bits per heavy atom. The first-order valence-corrected chi connectivity index (χ1v) is 11.0. The molecule has 7 nitrogen and oxygen atoms in total. The van der Waals surface area contributed by atoms with Crippen molar-refractivity contribution in [1.82, 2.24) is 20.2 Å². The lowest BCUT2D eigenvalue weighted by atomic mass is 9.85. The van der Waals surface area contributed by atoms with Crippen molar-refractivity contribution >= 4 is 16.9 Å². The molecule has 2 atom stereocenters. The molecule has 33 heavy (non-hydrogen) atoms. The number of carbonyl (C=O) groups is 1. The van der Waals surface area contributed by atoms with Gasteiger partial charge in [0.1, 0.15) is 11.3 Å². The highest BCUT2D eigenvalue weighted by Crippen LogP contribution is 2.43. The summed E-state index contributed by atoms with van der Waals surface area (Å²) in [5, 5.41) is 4.11. The third kappa shape index (κ3) is 4.03. The second-order valence-corrected chi connectivity index (χ2v) is 8.42. The number of rotatable bonds is 5. The number of hydrogen-bond donors (Lipinski definition) is 1. The normalized spacial score (nSPS) is 20.7. The first-order valence-electron chi connectivity index (χ1n) is 11.0. The lowest BCUT2D eigenvalue weighted by Gasteiger charge is -2.40. The fourth-order valence-electron chi connectivity index (χ4n) is 4.79. The van der Waals surface area contributed by atoms with E-state index in [4.69, 9.17) is 4.42 Å². The van der Waals surface area contributed by atoms with E-state index in [0.717, 1.165) is 29.6 Å². The quantitative estimate of drug-likeness (QED) is 0.476. The molecular weight excluding hydrogens is 416 g/mol. The fraction of sp³-hybridized carbons (Fsp3) is 0.231. The van der Waals surface area contributed by atoms with Crippen LogP contribution < -0.4 is 10.9 Å². The van der Waals surface area contributed by atoms with Gasteiger partial charge in [-0.1, -0.05) is 30.3 Å². The summed E-state index contributed by atoms with van der Waals surface area (Å²) < 4.78 is 5.43. The van der Waals surface area contributed by atoms with Crippen molar-refractivity contribution < 1.29 is 9.21 Å². The first kappa shape index (κ1) is 21.0. The summed E-state index contributed by atoms with van der Waals surface area (Å²) in [6.07, 6.45) is 4.13. The molecule has 1 N–H and O–H groups in total. The van der Waals surface area contributed by atoms with Crippen LogP contribution in [0.3, 0.4) is 0 Å². The smallest absolute Gasteiger partial charge is 0.336 e. The Bertz CT molecular complexity index is 1340. The SMILES string of the molecule is CC1(NC(=O)c2ccccn2)C(c2cc(=O)oc3ccccc23)CCN1Cc1ccccn1. The summed E-state index contributed by atoms with van der Waals surface area (Å²) in [6.45, 7) is 3.31. The summed E-state index contributed by atoms with van der Waals surface area (Å²) in [7, 11) is 0. The molecule has 1 aromatic carbocycles. The predicted molar refractivity (Wildman–Crippen MR) is 125 cm³/mol. The maximum atomic E-state index is 13.2. The maximum absolute atomic E-state index is 13.2. The number of aromatic nitrogens is 2. The molecule has 4 aromatic rings. The molecule has 1 amide bonds. The van der Waals surface area contributed by atoms with Crippen LogP contribution in [-0.2, 0) is 6.54 Å². The number of amides is 1. The summed E-state index contributed by atoms with van der Waals surface area (Å²) in [5.41, 5.74) is 1.50. The van der Waals surface area contributed by atoms with Gasteiger partial charge in [-0.25, -0.2) is 4.79 Å². The third-order valence-corrected chi connectivity index (χ3v) is 6.42. The molecule has 0 aliphatic carbocycles. The molecule has 0 radical (unpaired) electrons. The van der Waals surface area contributed by atoms with Crippen molar-refractivity contribution in [2.24, 2.45) is 0 Å². The van der Waals surface area contributed by atoms with Crippen molar-refractivity contribution in [3.8, 4) is 0 Å². The Hall–Kier alpha value is -3.84. The highest BCUT2D eigenvalue weighted by atomic mass is 16.4. The van der Waals surface area contributed by atoms with Gasteiger partial charge in [0, 0.05) is 42.9 Å². The Labute approximate surface area is 191 Å². The van der Waals surface area contributed by atoms with Crippen LogP contribution in [0.25, 0.3) is 11.0 Å². The zero-order valence-corrected chi connectivity index (χ0v) is 18.3. The van der Waals surface area contributed by atoms with E-state index in [1.54, 1.807) is 42.7 Å². The summed E-state index contributed by atoms with van der Waals surface area (Å²) in [5.74, 6) is -0.397. The van der Waals surface area contributed by atoms with Gasteiger partial charge < -0.3 is 9.73 Å². The lowest BCUT2D eigenvalue weighted by molar-refractivity contribution is 0.0651. The highest BCUT2D eigenvalue weighted by Gasteiger charge is 2.47. The molecule has 7 heteroatoms. The predicted octanol–water partition coefficient (Wildman–Crippen LogP) is 3.72. The number of nitrogens with one attached hydrogen (secondary N) is 1. The van der Waals surface area contributed by atoms with Gasteiger partial charge >= 0.3 is 5.63 Å². The average molecular weight is 441 g/mol. The van der Waals surface area contributed by atoms with Gasteiger partial charge in [-0.3, -0.25) is 19.7 Å². The van der Waals surface area contributed by atoms with Crippen molar-refractivity contribution in [2.75, 3.05) is 6.54 Å². The molecular formula is C26H24N4O3. The minimum Gasteiger partial charge on any atom is -0.423 e. The number of hydrogen-bond acceptors (Lipinski definition) is 6. The molecule has 0 saturated carbocycles. The van der Waals surface area contributed by atoms with Crippen molar-refractivity contribution in [2.45, 2.75) is 31.5 Å². The number of carbonyl (C=O) groups excluding carboxylic acids is 1. The Morgan fingerprint density at radius 3 is 2.61 bits per heavy atom. The van der Waals surface area contributed by atoms with Crippen LogP contribution in [0.1, 0.15) is 41.0 Å². The molecule has 0 bridgehead atoms. The standard InChI is InChI=1S/C26H24N4O3/c1-26(29-25(32)22-10-5-7-14-28-22)21(12-15-30(26)17-18-8-4-6-13-27-18)20-16-24(31)33-23-11-3-2-9-19(20)23/h2-11,13-14,16,21H,12,15,17H2,1H3,(H,29,32). The molecule has 166 valence electrons. The summed E-state index contributed by atoms with van der Waals surface area (Å²) in [4.78, 5) is 36.5. The first-order chi connectivity index (χ1) is 16.0. The van der Waals surface area contributed by atoms with Crippen LogP contribution in [0.5, 0.6) is 0 Å². The molecule has 4 heterocycles. The van der Waals surface area contributed by atoms with Gasteiger partial charge in [-0.05, 0) is 49.2 Å². The second-order valence-electron chi connectivity index (χ2n) is 8.42. The largest absolute Gasteiger partial charge is 0.423 e. The molecule has 1 aliphatic rings. The van der Waals surface area contributed by atoms with Crippen molar-refractivity contribution in [3.05, 3.63) is 106 Å². The zero-order chi connectivity index (χ0) is 22.8. The summed E-state index contributed by atoms with van der Waals surface area (Å²) >= 11 is 0. The number of fused-ring (bicyclic) bond motifs is 1. The van der Waals surface area contributed by atoms with E-state index in [9.17, 15) is 9.59 Å². The number of pyridine rings is 2. The number of likely N-dealkylation sites (tertiary alicyclic amines) is 1. The molecule has 2 unspecified atom stereocenters. The van der Waals surface area contributed by atoms with Gasteiger partial charge in [0.15, 0.2) is 0 Å². The van der Waals surface area contributed by atoms with Gasteiger partial charge in [0.2, 0.25) is 0 Å². The van der Waals surface area contributed by atoms with E-state index < -0.39 is 11.3 Å². The molecule has 1 aliphatic heterocycles. The van der Waals surface area contributed by atoms with Crippen molar-refractivity contribution in [3.63, 3.8) is 0 Å². The van der Waals surface area contributed by atoms with E-state index in [2.05, 4.69) is 20.2 Å². The fourth-order valence-corrected chi connectivity index (χ4v) is 4.79. The van der Waals surface area contributed by atoms with Crippen LogP contribution in [0.4, 0.5) is 0 Å². The third-order valence-electron chi connectivity index (χ3n) is 6.42. The van der Waals surface area contributed by atoms with E-state index >= 15 is 0 Å². The Balaban J connectivity index is 1.58. The molecule has 1 fully saturated rings. The van der Waals surface area contributed by atoms with E-state index in [1.807, 2.05) is 43.3 Å². The summed E-state index contributed by atoms with van der Waals surface area (Å²) in [6, 6.07) is 20.2. The van der Waals surface area contributed by atoms with Gasteiger partial charge in [0.05, 0.1) is 11.4 Å². The molecule has 5 rings (SSSR count). The highest BCUT2D eigenvalue weighted by molar-refractivity contribution is 5.93. The Kier molecular flexibility index (Phi) is 5.48. The van der Waals surface area contributed by atoms with Crippen LogP contribution >= 0.6 is 0 Å².